The average molecular weight is 255 g/mol. The molecule has 19 heavy (non-hydrogen) atoms. The molecule has 0 radical (unpaired) electrons. The molecule has 3 heteroatoms. The van der Waals surface area contributed by atoms with E-state index < -0.39 is 0 Å². The molecule has 2 aromatic rings. The van der Waals surface area contributed by atoms with E-state index in [9.17, 15) is 0 Å². The van der Waals surface area contributed by atoms with Gasteiger partial charge in [0.15, 0.2) is 0 Å². The molecule has 0 spiro atoms. The van der Waals surface area contributed by atoms with Crippen LogP contribution in [0.5, 0.6) is 0 Å². The van der Waals surface area contributed by atoms with E-state index in [1.165, 1.54) is 16.9 Å². The minimum absolute atomic E-state index is 0.484. The summed E-state index contributed by atoms with van der Waals surface area (Å²) in [6, 6.07) is 11.7. The van der Waals surface area contributed by atoms with Gasteiger partial charge < -0.3 is 5.32 Å². The minimum atomic E-state index is 0.484. The summed E-state index contributed by atoms with van der Waals surface area (Å²) in [5.41, 5.74) is 3.90. The number of aromatic nitrogens is 2. The maximum absolute atomic E-state index is 4.68. The van der Waals surface area contributed by atoms with Crippen LogP contribution < -0.4 is 5.32 Å². The monoisotopic (exact) mass is 255 g/mol. The number of rotatable bonds is 4. The molecule has 100 valence electrons. The summed E-state index contributed by atoms with van der Waals surface area (Å²) in [4.78, 5) is 0. The average Bonchev–Trinajstić information content (AvgIpc) is 3.04. The van der Waals surface area contributed by atoms with Gasteiger partial charge in [-0.2, -0.15) is 5.10 Å². The third-order valence-electron chi connectivity index (χ3n) is 4.00. The summed E-state index contributed by atoms with van der Waals surface area (Å²) in [7, 11) is 0. The first-order valence-electron chi connectivity index (χ1n) is 7.14. The summed E-state index contributed by atoms with van der Waals surface area (Å²) in [6.45, 7) is 4.40. The van der Waals surface area contributed by atoms with E-state index in [-0.39, 0.29) is 0 Å². The lowest BCUT2D eigenvalue weighted by atomic mass is 10.1. The molecule has 1 N–H and O–H groups in total. The summed E-state index contributed by atoms with van der Waals surface area (Å²) in [5.74, 6) is 0. The van der Waals surface area contributed by atoms with Crippen LogP contribution in [-0.4, -0.2) is 15.8 Å². The fourth-order valence-electron chi connectivity index (χ4n) is 2.67. The van der Waals surface area contributed by atoms with Crippen molar-refractivity contribution >= 4 is 5.69 Å². The smallest absolute Gasteiger partial charge is 0.0645 e. The molecule has 0 amide bonds. The van der Waals surface area contributed by atoms with Gasteiger partial charge in [-0.15, -0.1) is 0 Å². The van der Waals surface area contributed by atoms with Crippen LogP contribution in [0.4, 0.5) is 5.69 Å². The van der Waals surface area contributed by atoms with Crippen molar-refractivity contribution in [1.29, 1.82) is 0 Å². The third kappa shape index (κ3) is 2.50. The largest absolute Gasteiger partial charge is 0.381 e. The number of nitrogens with one attached hydrogen (secondary N) is 1. The van der Waals surface area contributed by atoms with Crippen LogP contribution in [0, 0.1) is 0 Å². The third-order valence-corrected chi connectivity index (χ3v) is 4.00. The Bertz CT molecular complexity index is 534. The molecule has 1 aromatic carbocycles. The van der Waals surface area contributed by atoms with Gasteiger partial charge in [0.05, 0.1) is 5.69 Å². The van der Waals surface area contributed by atoms with E-state index in [1.54, 1.807) is 0 Å². The first-order chi connectivity index (χ1) is 9.26. The highest BCUT2D eigenvalue weighted by molar-refractivity contribution is 5.56. The molecule has 2 atom stereocenters. The molecule has 1 aromatic heterocycles. The normalized spacial score (nSPS) is 18.9. The van der Waals surface area contributed by atoms with E-state index in [4.69, 9.17) is 0 Å². The van der Waals surface area contributed by atoms with Crippen molar-refractivity contribution in [2.75, 3.05) is 5.32 Å². The number of hydrogen-bond acceptors (Lipinski definition) is 2. The van der Waals surface area contributed by atoms with Crippen LogP contribution in [0.25, 0.3) is 0 Å². The van der Waals surface area contributed by atoms with Gasteiger partial charge in [0.25, 0.3) is 0 Å². The Balaban J connectivity index is 1.66. The Morgan fingerprint density at radius 1 is 1.37 bits per heavy atom. The number of para-hydroxylation sites is 1. The van der Waals surface area contributed by atoms with Crippen molar-refractivity contribution in [2.24, 2.45) is 0 Å². The van der Waals surface area contributed by atoms with Gasteiger partial charge >= 0.3 is 0 Å². The van der Waals surface area contributed by atoms with Gasteiger partial charge in [0, 0.05) is 30.4 Å². The Morgan fingerprint density at radius 3 is 3.00 bits per heavy atom. The summed E-state index contributed by atoms with van der Waals surface area (Å²) in [6.07, 6.45) is 5.32. The van der Waals surface area contributed by atoms with E-state index in [0.29, 0.717) is 12.1 Å². The Kier molecular flexibility index (Phi) is 3.28. The lowest BCUT2D eigenvalue weighted by Crippen LogP contribution is -2.19. The SMILES string of the molecule is CCC(C)n1ccc(CC2Cc3ccccc3N2)n1. The zero-order valence-electron chi connectivity index (χ0n) is 11.6. The van der Waals surface area contributed by atoms with Crippen LogP contribution in [0.2, 0.25) is 0 Å². The summed E-state index contributed by atoms with van der Waals surface area (Å²) in [5, 5.41) is 8.27. The maximum Gasteiger partial charge on any atom is 0.0645 e. The van der Waals surface area contributed by atoms with Crippen LogP contribution in [0.3, 0.4) is 0 Å². The van der Waals surface area contributed by atoms with E-state index in [0.717, 1.165) is 19.3 Å². The van der Waals surface area contributed by atoms with Gasteiger partial charge in [-0.25, -0.2) is 0 Å². The second kappa shape index (κ2) is 5.08. The number of anilines is 1. The fourth-order valence-corrected chi connectivity index (χ4v) is 2.67. The van der Waals surface area contributed by atoms with E-state index in [2.05, 4.69) is 65.5 Å². The van der Waals surface area contributed by atoms with Crippen molar-refractivity contribution in [1.82, 2.24) is 9.78 Å². The Labute approximate surface area is 114 Å². The second-order valence-electron chi connectivity index (χ2n) is 5.45. The first-order valence-corrected chi connectivity index (χ1v) is 7.14. The van der Waals surface area contributed by atoms with Crippen molar-refractivity contribution in [3.8, 4) is 0 Å². The van der Waals surface area contributed by atoms with Crippen LogP contribution >= 0.6 is 0 Å². The minimum Gasteiger partial charge on any atom is -0.381 e. The van der Waals surface area contributed by atoms with Gasteiger partial charge in [0.1, 0.15) is 0 Å². The number of hydrogen-bond donors (Lipinski definition) is 1. The molecule has 1 aliphatic heterocycles. The molecule has 0 saturated heterocycles. The highest BCUT2D eigenvalue weighted by atomic mass is 15.3. The van der Waals surface area contributed by atoms with E-state index in [1.807, 2.05) is 0 Å². The fraction of sp³-hybridized carbons (Fsp3) is 0.438. The van der Waals surface area contributed by atoms with Crippen LogP contribution in [-0.2, 0) is 12.8 Å². The molecular formula is C16H21N3. The maximum atomic E-state index is 4.68. The number of fused-ring (bicyclic) bond motifs is 1. The van der Waals surface area contributed by atoms with Gasteiger partial charge in [0.2, 0.25) is 0 Å². The predicted octanol–water partition coefficient (Wildman–Crippen LogP) is 3.43. The quantitative estimate of drug-likeness (QED) is 0.907. The zero-order chi connectivity index (χ0) is 13.2. The van der Waals surface area contributed by atoms with Gasteiger partial charge in [-0.1, -0.05) is 25.1 Å². The lowest BCUT2D eigenvalue weighted by molar-refractivity contribution is 0.472. The number of benzene rings is 1. The molecule has 3 nitrogen and oxygen atoms in total. The van der Waals surface area contributed by atoms with E-state index >= 15 is 0 Å². The molecule has 0 bridgehead atoms. The molecule has 2 heterocycles. The topological polar surface area (TPSA) is 29.9 Å². The molecular weight excluding hydrogens is 234 g/mol. The molecule has 0 saturated carbocycles. The highest BCUT2D eigenvalue weighted by Crippen LogP contribution is 2.26. The Morgan fingerprint density at radius 2 is 2.21 bits per heavy atom. The summed E-state index contributed by atoms with van der Waals surface area (Å²) >= 11 is 0. The molecule has 3 rings (SSSR count). The standard InChI is InChI=1S/C16H21N3/c1-3-12(2)19-9-8-14(18-19)11-15-10-13-6-4-5-7-16(13)17-15/h4-9,12,15,17H,3,10-11H2,1-2H3. The summed E-state index contributed by atoms with van der Waals surface area (Å²) < 4.78 is 2.08. The Hall–Kier alpha value is -1.77. The molecule has 2 unspecified atom stereocenters. The van der Waals surface area contributed by atoms with Crippen molar-refractivity contribution in [2.45, 2.75) is 45.2 Å². The van der Waals surface area contributed by atoms with Crippen molar-refractivity contribution < 1.29 is 0 Å². The second-order valence-corrected chi connectivity index (χ2v) is 5.45. The van der Waals surface area contributed by atoms with Crippen LogP contribution in [0.15, 0.2) is 36.5 Å². The van der Waals surface area contributed by atoms with Crippen LogP contribution in [0.1, 0.15) is 37.6 Å². The predicted molar refractivity (Wildman–Crippen MR) is 78.5 cm³/mol. The van der Waals surface area contributed by atoms with Gasteiger partial charge in [-0.05, 0) is 37.5 Å². The highest BCUT2D eigenvalue weighted by Gasteiger charge is 2.21. The molecule has 1 aliphatic rings. The van der Waals surface area contributed by atoms with Crippen molar-refractivity contribution in [3.05, 3.63) is 47.8 Å². The van der Waals surface area contributed by atoms with Gasteiger partial charge in [-0.3, -0.25) is 4.68 Å². The lowest BCUT2D eigenvalue weighted by Gasteiger charge is -2.10. The van der Waals surface area contributed by atoms with Crippen molar-refractivity contribution in [3.63, 3.8) is 0 Å². The molecule has 0 aliphatic carbocycles. The zero-order valence-corrected chi connectivity index (χ0v) is 11.6. The molecule has 0 fully saturated rings. The first kappa shape index (κ1) is 12.3. The number of nitrogens with zero attached hydrogens (tertiary/aromatic N) is 2.